The minimum absolute atomic E-state index is 0.00746. The smallest absolute Gasteiger partial charge is 0.306 e. The van der Waals surface area contributed by atoms with Gasteiger partial charge in [-0.15, -0.1) is 20.2 Å². The van der Waals surface area contributed by atoms with E-state index in [9.17, 15) is 34.6 Å². The van der Waals surface area contributed by atoms with Crippen LogP contribution in [0.5, 0.6) is 0 Å². The van der Waals surface area contributed by atoms with Gasteiger partial charge in [0.1, 0.15) is 12.2 Å². The largest absolute Gasteiger partial charge is 0.466 e. The molecule has 33 heavy (non-hydrogen) atoms. The van der Waals surface area contributed by atoms with Gasteiger partial charge in [0.2, 0.25) is 0 Å². The lowest BCUT2D eigenvalue weighted by molar-refractivity contribution is -0.798. The number of nitrogens with zero attached hydrogens (tertiary/aromatic N) is 2. The average Bonchev–Trinajstić information content (AvgIpc) is 2.68. The number of allylic oxidation sites excluding steroid dienone is 4. The van der Waals surface area contributed by atoms with Gasteiger partial charge in [-0.3, -0.25) is 14.4 Å². The molecular weight excluding hydrogens is 440 g/mol. The lowest BCUT2D eigenvalue weighted by Gasteiger charge is -2.31. The Labute approximate surface area is 191 Å². The zero-order valence-corrected chi connectivity index (χ0v) is 19.7. The Morgan fingerprint density at radius 1 is 0.939 bits per heavy atom. The number of ether oxygens (including phenoxy) is 1. The van der Waals surface area contributed by atoms with Crippen LogP contribution in [0, 0.1) is 25.6 Å². The Morgan fingerprint density at radius 3 is 2.03 bits per heavy atom. The number of esters is 1. The van der Waals surface area contributed by atoms with Crippen LogP contribution < -0.4 is 0 Å². The fourth-order valence-corrected chi connectivity index (χ4v) is 3.73. The van der Waals surface area contributed by atoms with Crippen molar-refractivity contribution in [3.05, 3.63) is 42.5 Å². The molecule has 1 aliphatic carbocycles. The van der Waals surface area contributed by atoms with Gasteiger partial charge in [0.05, 0.1) is 13.0 Å². The molecule has 12 heteroatoms. The molecule has 1 rings (SSSR count). The molecule has 0 saturated heterocycles. The summed E-state index contributed by atoms with van der Waals surface area (Å²) in [7, 11) is 0. The van der Waals surface area contributed by atoms with E-state index >= 15 is 0 Å². The Kier molecular flexibility index (Phi) is 9.68. The van der Waals surface area contributed by atoms with E-state index < -0.39 is 33.8 Å². The number of carbonyl (C=O) groups is 3. The third kappa shape index (κ3) is 7.65. The van der Waals surface area contributed by atoms with E-state index in [4.69, 9.17) is 4.74 Å². The highest BCUT2D eigenvalue weighted by Crippen LogP contribution is 2.39. The summed E-state index contributed by atoms with van der Waals surface area (Å²) in [5, 5.41) is 18.9. The van der Waals surface area contributed by atoms with Gasteiger partial charge < -0.3 is 14.4 Å². The first kappa shape index (κ1) is 27.7. The van der Waals surface area contributed by atoms with Crippen molar-refractivity contribution in [3.8, 4) is 0 Å². The highest BCUT2D eigenvalue weighted by molar-refractivity contribution is 6.25. The highest BCUT2D eigenvalue weighted by Gasteiger charge is 2.38. The molecular formula is C21H30N2O10. The molecule has 0 aliphatic heterocycles. The Balaban J connectivity index is 2.61. The lowest BCUT2D eigenvalue weighted by atomic mass is 9.71. The number of hydrogen-bond acceptors (Lipinski definition) is 10. The van der Waals surface area contributed by atoms with E-state index in [2.05, 4.69) is 9.68 Å². The van der Waals surface area contributed by atoms with Crippen LogP contribution in [0.25, 0.3) is 0 Å². The second-order valence-corrected chi connectivity index (χ2v) is 8.59. The minimum atomic E-state index is -1.15. The molecule has 0 aromatic heterocycles. The SMILES string of the molecule is CC1=C(C)C(=O)C(C(C)(C)CC(=O)OCCCCC(O[N+](=O)[O-])C(C)O[N+](=O)[O-])=C(C)C1=O. The Hall–Kier alpha value is -3.31. The van der Waals surface area contributed by atoms with Crippen molar-refractivity contribution < 1.29 is 39.0 Å². The van der Waals surface area contributed by atoms with Crippen LogP contribution in [0.4, 0.5) is 0 Å². The molecule has 184 valence electrons. The number of rotatable bonds is 13. The summed E-state index contributed by atoms with van der Waals surface area (Å²) >= 11 is 0. The van der Waals surface area contributed by atoms with Gasteiger partial charge in [0, 0.05) is 27.7 Å². The monoisotopic (exact) mass is 470 g/mol. The van der Waals surface area contributed by atoms with Crippen molar-refractivity contribution >= 4 is 17.5 Å². The molecule has 0 spiro atoms. The second kappa shape index (κ2) is 11.5. The first-order valence-electron chi connectivity index (χ1n) is 10.4. The molecule has 2 unspecified atom stereocenters. The summed E-state index contributed by atoms with van der Waals surface area (Å²) in [6.45, 7) is 9.45. The van der Waals surface area contributed by atoms with Crippen LogP contribution in [0.1, 0.15) is 67.2 Å². The van der Waals surface area contributed by atoms with E-state index in [1.165, 1.54) is 6.92 Å². The summed E-state index contributed by atoms with van der Waals surface area (Å²) < 4.78 is 5.22. The molecule has 0 saturated carbocycles. The van der Waals surface area contributed by atoms with Gasteiger partial charge in [-0.25, -0.2) is 0 Å². The predicted octanol–water partition coefficient (Wildman–Crippen LogP) is 3.09. The van der Waals surface area contributed by atoms with E-state index in [0.717, 1.165) is 0 Å². The average molecular weight is 470 g/mol. The van der Waals surface area contributed by atoms with Crippen LogP contribution in [0.3, 0.4) is 0 Å². The van der Waals surface area contributed by atoms with E-state index in [1.807, 2.05) is 0 Å². The first-order chi connectivity index (χ1) is 15.2. The van der Waals surface area contributed by atoms with Crippen LogP contribution in [0.2, 0.25) is 0 Å². The minimum Gasteiger partial charge on any atom is -0.466 e. The standard InChI is InChI=1S/C21H30N2O10/c1-12-13(2)20(26)18(14(3)19(12)25)21(5,6)11-17(24)31-10-8-7-9-16(33-23(29)30)15(4)32-22(27)28/h15-16H,7-11H2,1-6H3. The second-order valence-electron chi connectivity index (χ2n) is 8.59. The third-order valence-corrected chi connectivity index (χ3v) is 5.59. The molecule has 0 N–H and O–H groups in total. The fraction of sp³-hybridized carbons (Fsp3) is 0.667. The molecule has 2 atom stereocenters. The molecule has 0 heterocycles. The van der Waals surface area contributed by atoms with Gasteiger partial charge in [-0.05, 0) is 47.0 Å². The Morgan fingerprint density at radius 2 is 1.48 bits per heavy atom. The number of Topliss-reactive ketones (excluding diaryl/α,β-unsaturated/α-hetero) is 2. The molecule has 0 radical (unpaired) electrons. The number of hydrogen-bond donors (Lipinski definition) is 0. The number of unbranched alkanes of at least 4 members (excludes halogenated alkanes) is 1. The van der Waals surface area contributed by atoms with Gasteiger partial charge in [-0.2, -0.15) is 0 Å². The van der Waals surface area contributed by atoms with E-state index in [-0.39, 0.29) is 31.0 Å². The Bertz CT molecular complexity index is 887. The quantitative estimate of drug-likeness (QED) is 0.128. The zero-order valence-electron chi connectivity index (χ0n) is 19.7. The van der Waals surface area contributed by atoms with E-state index in [1.54, 1.807) is 34.6 Å². The van der Waals surface area contributed by atoms with Gasteiger partial charge in [-0.1, -0.05) is 13.8 Å². The van der Waals surface area contributed by atoms with Gasteiger partial charge in [0.15, 0.2) is 11.6 Å². The van der Waals surface area contributed by atoms with Crippen molar-refractivity contribution in [2.24, 2.45) is 5.41 Å². The third-order valence-electron chi connectivity index (χ3n) is 5.59. The number of ketones is 2. The molecule has 0 amide bonds. The van der Waals surface area contributed by atoms with E-state index in [0.29, 0.717) is 35.1 Å². The highest BCUT2D eigenvalue weighted by atomic mass is 17.0. The maximum Gasteiger partial charge on any atom is 0.306 e. The summed E-state index contributed by atoms with van der Waals surface area (Å²) in [5.74, 6) is -1.04. The van der Waals surface area contributed by atoms with Crippen molar-refractivity contribution in [2.45, 2.75) is 79.4 Å². The lowest BCUT2D eigenvalue weighted by Crippen LogP contribution is -2.33. The van der Waals surface area contributed by atoms with Crippen LogP contribution in [0.15, 0.2) is 22.3 Å². The summed E-state index contributed by atoms with van der Waals surface area (Å²) in [5.41, 5.74) is 0.465. The topological polar surface area (TPSA) is 165 Å². The predicted molar refractivity (Wildman–Crippen MR) is 114 cm³/mol. The summed E-state index contributed by atoms with van der Waals surface area (Å²) in [6, 6.07) is 0. The van der Waals surface area contributed by atoms with Crippen LogP contribution in [-0.4, -0.2) is 46.5 Å². The zero-order chi connectivity index (χ0) is 25.5. The first-order valence-corrected chi connectivity index (χ1v) is 10.4. The molecule has 12 nitrogen and oxygen atoms in total. The molecule has 1 aliphatic rings. The molecule has 0 aromatic carbocycles. The van der Waals surface area contributed by atoms with Crippen LogP contribution in [-0.2, 0) is 28.8 Å². The summed E-state index contributed by atoms with van der Waals surface area (Å²) in [4.78, 5) is 67.3. The van der Waals surface area contributed by atoms with Gasteiger partial charge >= 0.3 is 5.97 Å². The van der Waals surface area contributed by atoms with Gasteiger partial charge in [0.25, 0.3) is 10.2 Å². The van der Waals surface area contributed by atoms with Crippen molar-refractivity contribution in [3.63, 3.8) is 0 Å². The van der Waals surface area contributed by atoms with Crippen molar-refractivity contribution in [1.82, 2.24) is 0 Å². The van der Waals surface area contributed by atoms with Crippen molar-refractivity contribution in [2.75, 3.05) is 6.61 Å². The van der Waals surface area contributed by atoms with Crippen molar-refractivity contribution in [1.29, 1.82) is 0 Å². The molecule has 0 bridgehead atoms. The maximum atomic E-state index is 12.7. The maximum absolute atomic E-state index is 12.7. The molecule has 0 aromatic rings. The summed E-state index contributed by atoms with van der Waals surface area (Å²) in [6.07, 6.45) is -1.69. The molecule has 0 fully saturated rings. The normalized spacial score (nSPS) is 16.4. The fourth-order valence-electron chi connectivity index (χ4n) is 3.73. The van der Waals surface area contributed by atoms with Crippen LogP contribution >= 0.6 is 0 Å². The number of carbonyl (C=O) groups excluding carboxylic acids is 3.